The minimum atomic E-state index is -0.952. The zero-order chi connectivity index (χ0) is 12.0. The Hall–Kier alpha value is -1.15. The average Bonchev–Trinajstić information content (AvgIpc) is 2.35. The van der Waals surface area contributed by atoms with Gasteiger partial charge in [-0.25, -0.2) is 0 Å². The fraction of sp³-hybridized carbons (Fsp3) is 0.100. The second-order valence-corrected chi connectivity index (χ2v) is 4.90. The number of anilines is 1. The van der Waals surface area contributed by atoms with E-state index in [0.29, 0.717) is 0 Å². The van der Waals surface area contributed by atoms with Crippen molar-refractivity contribution in [3.63, 3.8) is 0 Å². The summed E-state index contributed by atoms with van der Waals surface area (Å²) in [5, 5.41) is 11.6. The van der Waals surface area contributed by atoms with Gasteiger partial charge in [-0.1, -0.05) is 0 Å². The predicted octanol–water partition coefficient (Wildman–Crippen LogP) is 0.501. The van der Waals surface area contributed by atoms with Gasteiger partial charge in [-0.15, -0.1) is 0 Å². The number of carbonyl (C=O) groups excluding carboxylic acids is 1. The maximum atomic E-state index is 11.3. The normalized spacial score (nSPS) is 9.88. The van der Waals surface area contributed by atoms with E-state index >= 15 is 0 Å². The van der Waals surface area contributed by atoms with Crippen LogP contribution in [0.5, 0.6) is 0 Å². The Morgan fingerprint density at radius 1 is 1.50 bits per heavy atom. The molecule has 1 aromatic rings. The second-order valence-electron chi connectivity index (χ2n) is 2.91. The molecule has 16 heavy (non-hydrogen) atoms. The van der Waals surface area contributed by atoms with Crippen LogP contribution in [0, 0.1) is 0 Å². The van der Waals surface area contributed by atoms with Gasteiger partial charge in [0.2, 0.25) is 0 Å². The van der Waals surface area contributed by atoms with Gasteiger partial charge < -0.3 is 0 Å². The van der Waals surface area contributed by atoms with Gasteiger partial charge >= 0.3 is 99.6 Å². The summed E-state index contributed by atoms with van der Waals surface area (Å²) in [4.78, 5) is 12.8. The van der Waals surface area contributed by atoms with Crippen molar-refractivity contribution in [1.82, 2.24) is 0 Å². The Bertz CT molecular complexity index is 366. The third kappa shape index (κ3) is 3.46. The van der Waals surface area contributed by atoms with E-state index in [2.05, 4.69) is 15.5 Å². The van der Waals surface area contributed by atoms with E-state index in [0.717, 1.165) is 10.1 Å². The molecule has 0 spiro atoms. The number of hydrogen-bond donors (Lipinski definition) is 1. The number of hydrogen-bond acceptors (Lipinski definition) is 4. The van der Waals surface area contributed by atoms with Crippen LogP contribution in [-0.4, -0.2) is 34.0 Å². The van der Waals surface area contributed by atoms with Crippen molar-refractivity contribution in [3.8, 4) is 0 Å². The minimum absolute atomic E-state index is 0.168. The van der Waals surface area contributed by atoms with E-state index in [1.807, 2.05) is 12.1 Å². The van der Waals surface area contributed by atoms with Crippen molar-refractivity contribution in [1.29, 1.82) is 0 Å². The molecule has 0 heterocycles. The van der Waals surface area contributed by atoms with Gasteiger partial charge in [0, 0.05) is 0 Å². The van der Waals surface area contributed by atoms with Crippen LogP contribution < -0.4 is 9.30 Å². The Morgan fingerprint density at radius 2 is 2.12 bits per heavy atom. The maximum absolute atomic E-state index is 11.3. The summed E-state index contributed by atoms with van der Waals surface area (Å²) in [5.41, 5.74) is 0.769. The van der Waals surface area contributed by atoms with Crippen LogP contribution in [0.4, 0.5) is 5.69 Å². The molecule has 0 saturated carbocycles. The third-order valence-corrected chi connectivity index (χ3v) is 3.48. The van der Waals surface area contributed by atoms with E-state index in [9.17, 15) is 4.79 Å². The molecule has 0 aliphatic rings. The molecule has 0 atom stereocenters. The molecule has 1 rings (SSSR count). The SMILES string of the molecule is C=CC(=O)N(C)c1cc[c]([Ge][O]OO)cc1. The molecular weight excluding hydrogens is 271 g/mol. The predicted molar refractivity (Wildman–Crippen MR) is 60.2 cm³/mol. The first-order chi connectivity index (χ1) is 7.69. The zero-order valence-electron chi connectivity index (χ0n) is 8.71. The zero-order valence-corrected chi connectivity index (χ0v) is 10.8. The second kappa shape index (κ2) is 6.44. The fourth-order valence-electron chi connectivity index (χ4n) is 1.08. The van der Waals surface area contributed by atoms with Crippen molar-refractivity contribution < 1.29 is 19.0 Å². The third-order valence-electron chi connectivity index (χ3n) is 1.96. The summed E-state index contributed by atoms with van der Waals surface area (Å²) in [5.74, 6) is -0.168. The number of carbonyl (C=O) groups is 1. The number of benzene rings is 1. The van der Waals surface area contributed by atoms with Crippen LogP contribution in [0.3, 0.4) is 0 Å². The molecule has 84 valence electrons. The molecule has 1 amide bonds. The van der Waals surface area contributed by atoms with Crippen LogP contribution in [0.25, 0.3) is 0 Å². The summed E-state index contributed by atoms with van der Waals surface area (Å²) in [6, 6.07) is 7.23. The van der Waals surface area contributed by atoms with Gasteiger partial charge in [0.1, 0.15) is 0 Å². The molecule has 0 unspecified atom stereocenters. The van der Waals surface area contributed by atoms with Gasteiger partial charge in [0.05, 0.1) is 0 Å². The summed E-state index contributed by atoms with van der Waals surface area (Å²) in [6.45, 7) is 3.42. The molecule has 0 aliphatic carbocycles. The van der Waals surface area contributed by atoms with Crippen LogP contribution >= 0.6 is 0 Å². The molecule has 0 saturated heterocycles. The molecule has 1 N–H and O–H groups in total. The van der Waals surface area contributed by atoms with E-state index in [4.69, 9.17) is 5.26 Å². The molecular formula is C10H11GeNO4. The first-order valence-electron chi connectivity index (χ1n) is 4.42. The Balaban J connectivity index is 2.70. The van der Waals surface area contributed by atoms with E-state index in [1.54, 1.807) is 19.2 Å². The Morgan fingerprint density at radius 3 is 2.62 bits per heavy atom. The molecule has 1 aromatic carbocycles. The van der Waals surface area contributed by atoms with Crippen molar-refractivity contribution in [2.75, 3.05) is 11.9 Å². The van der Waals surface area contributed by atoms with Gasteiger partial charge in [-0.2, -0.15) is 0 Å². The molecule has 0 aliphatic heterocycles. The van der Waals surface area contributed by atoms with Gasteiger partial charge in [-0.05, 0) is 0 Å². The first kappa shape index (κ1) is 12.9. The average molecular weight is 282 g/mol. The molecule has 5 nitrogen and oxygen atoms in total. The summed E-state index contributed by atoms with van der Waals surface area (Å²) in [7, 11) is 1.67. The van der Waals surface area contributed by atoms with Crippen molar-refractivity contribution in [2.45, 2.75) is 0 Å². The Labute approximate surface area is 99.9 Å². The number of nitrogens with zero attached hydrogens (tertiary/aromatic N) is 1. The van der Waals surface area contributed by atoms with Gasteiger partial charge in [0.15, 0.2) is 0 Å². The Kier molecular flexibility index (Phi) is 5.20. The summed E-state index contributed by atoms with van der Waals surface area (Å²) >= 11 is -0.952. The van der Waals surface area contributed by atoms with E-state index < -0.39 is 15.8 Å². The van der Waals surface area contributed by atoms with Crippen LogP contribution in [0.1, 0.15) is 0 Å². The number of likely N-dealkylation sites (N-methyl/N-ethyl adjacent to an activating group) is 1. The summed E-state index contributed by atoms with van der Waals surface area (Å²) in [6.07, 6.45) is 1.25. The van der Waals surface area contributed by atoms with E-state index in [1.165, 1.54) is 11.0 Å². The molecule has 2 radical (unpaired) electrons. The van der Waals surface area contributed by atoms with Gasteiger partial charge in [-0.3, -0.25) is 0 Å². The van der Waals surface area contributed by atoms with Crippen molar-refractivity contribution in [3.05, 3.63) is 36.9 Å². The quantitative estimate of drug-likeness (QED) is 0.370. The monoisotopic (exact) mass is 283 g/mol. The van der Waals surface area contributed by atoms with Crippen molar-refractivity contribution >= 4 is 31.8 Å². The molecule has 0 bridgehead atoms. The fourth-order valence-corrected chi connectivity index (χ4v) is 2.00. The van der Waals surface area contributed by atoms with Crippen LogP contribution in [0.15, 0.2) is 36.9 Å². The number of rotatable bonds is 5. The van der Waals surface area contributed by atoms with Gasteiger partial charge in [0.25, 0.3) is 0 Å². The van der Waals surface area contributed by atoms with Crippen LogP contribution in [0.2, 0.25) is 0 Å². The molecule has 6 heteroatoms. The topological polar surface area (TPSA) is 59.0 Å². The van der Waals surface area contributed by atoms with Crippen molar-refractivity contribution in [2.24, 2.45) is 0 Å². The summed E-state index contributed by atoms with van der Waals surface area (Å²) < 4.78 is 5.41. The van der Waals surface area contributed by atoms with Crippen LogP contribution in [-0.2, 0) is 13.7 Å². The first-order valence-corrected chi connectivity index (χ1v) is 6.33. The number of amides is 1. The van der Waals surface area contributed by atoms with E-state index in [-0.39, 0.29) is 5.91 Å². The standard InChI is InChI=1S/C10H11GeNO4/c1-3-10(13)12(2)9-6-4-8(5-7-9)11-15-16-14/h3-7,14H,1H2,2H3. The molecule has 0 fully saturated rings. The molecule has 0 aromatic heterocycles.